The molecular weight excluding hydrogens is 253 g/mol. The zero-order chi connectivity index (χ0) is 13.9. The SMILES string of the molecule is O=C(CC1CCCCC1)C1CCCC(C(F)(F)F)C1. The summed E-state index contributed by atoms with van der Waals surface area (Å²) in [5, 5.41) is 0. The van der Waals surface area contributed by atoms with Gasteiger partial charge in [0.2, 0.25) is 0 Å². The van der Waals surface area contributed by atoms with Gasteiger partial charge in [-0.15, -0.1) is 0 Å². The second-order valence-electron chi connectivity index (χ2n) is 6.28. The average molecular weight is 276 g/mol. The van der Waals surface area contributed by atoms with Crippen molar-refractivity contribution in [2.45, 2.75) is 70.4 Å². The van der Waals surface area contributed by atoms with Crippen LogP contribution in [0.3, 0.4) is 0 Å². The molecule has 110 valence electrons. The van der Waals surface area contributed by atoms with E-state index in [4.69, 9.17) is 0 Å². The molecule has 0 aromatic heterocycles. The lowest BCUT2D eigenvalue weighted by Gasteiger charge is -2.31. The lowest BCUT2D eigenvalue weighted by atomic mass is 9.76. The molecule has 4 heteroatoms. The summed E-state index contributed by atoms with van der Waals surface area (Å²) in [6.07, 6.45) is 3.61. The van der Waals surface area contributed by atoms with Crippen molar-refractivity contribution in [3.63, 3.8) is 0 Å². The molecule has 2 unspecified atom stereocenters. The molecule has 0 aromatic carbocycles. The van der Waals surface area contributed by atoms with Crippen molar-refractivity contribution in [1.82, 2.24) is 0 Å². The lowest BCUT2D eigenvalue weighted by molar-refractivity contribution is -0.186. The van der Waals surface area contributed by atoms with Crippen LogP contribution in [0.2, 0.25) is 0 Å². The van der Waals surface area contributed by atoms with Gasteiger partial charge < -0.3 is 0 Å². The highest BCUT2D eigenvalue weighted by Crippen LogP contribution is 2.41. The van der Waals surface area contributed by atoms with Crippen molar-refractivity contribution in [2.75, 3.05) is 0 Å². The number of hydrogen-bond acceptors (Lipinski definition) is 1. The molecule has 2 saturated carbocycles. The molecule has 2 rings (SSSR count). The number of hydrogen-bond donors (Lipinski definition) is 0. The third kappa shape index (κ3) is 4.22. The van der Waals surface area contributed by atoms with E-state index in [9.17, 15) is 18.0 Å². The van der Waals surface area contributed by atoms with E-state index < -0.39 is 12.1 Å². The normalized spacial score (nSPS) is 30.3. The summed E-state index contributed by atoms with van der Waals surface area (Å²) >= 11 is 0. The minimum absolute atomic E-state index is 0.0368. The number of carbonyl (C=O) groups is 1. The monoisotopic (exact) mass is 276 g/mol. The second-order valence-corrected chi connectivity index (χ2v) is 6.28. The van der Waals surface area contributed by atoms with Crippen LogP contribution in [-0.2, 0) is 4.79 Å². The summed E-state index contributed by atoms with van der Waals surface area (Å²) in [7, 11) is 0. The van der Waals surface area contributed by atoms with E-state index in [1.165, 1.54) is 19.3 Å². The van der Waals surface area contributed by atoms with E-state index in [0.717, 1.165) is 12.8 Å². The van der Waals surface area contributed by atoms with Gasteiger partial charge in [-0.25, -0.2) is 0 Å². The Kier molecular flexibility index (Phi) is 4.91. The molecular formula is C15H23F3O. The lowest BCUT2D eigenvalue weighted by Crippen LogP contribution is -2.32. The Labute approximate surface area is 112 Å². The number of rotatable bonds is 3. The molecule has 0 saturated heterocycles. The smallest absolute Gasteiger partial charge is 0.299 e. The number of ketones is 1. The van der Waals surface area contributed by atoms with Gasteiger partial charge in [0.25, 0.3) is 0 Å². The molecule has 0 heterocycles. The Morgan fingerprint density at radius 1 is 0.947 bits per heavy atom. The molecule has 2 aliphatic rings. The molecule has 0 amide bonds. The summed E-state index contributed by atoms with van der Waals surface area (Å²) in [6, 6.07) is 0. The van der Waals surface area contributed by atoms with Crippen LogP contribution in [0.5, 0.6) is 0 Å². The van der Waals surface area contributed by atoms with E-state index >= 15 is 0 Å². The number of Topliss-reactive ketones (excluding diaryl/α,β-unsaturated/α-hetero) is 1. The highest BCUT2D eigenvalue weighted by atomic mass is 19.4. The first-order valence-corrected chi connectivity index (χ1v) is 7.56. The molecule has 0 aromatic rings. The third-order valence-corrected chi connectivity index (χ3v) is 4.81. The summed E-state index contributed by atoms with van der Waals surface area (Å²) in [4.78, 5) is 12.2. The van der Waals surface area contributed by atoms with Gasteiger partial charge >= 0.3 is 6.18 Å². The van der Waals surface area contributed by atoms with Gasteiger partial charge in [-0.05, 0) is 25.2 Å². The topological polar surface area (TPSA) is 17.1 Å². The first kappa shape index (κ1) is 14.9. The van der Waals surface area contributed by atoms with E-state index in [0.29, 0.717) is 25.2 Å². The van der Waals surface area contributed by atoms with Crippen molar-refractivity contribution in [2.24, 2.45) is 17.8 Å². The maximum atomic E-state index is 12.7. The molecule has 19 heavy (non-hydrogen) atoms. The minimum Gasteiger partial charge on any atom is -0.299 e. The fourth-order valence-electron chi connectivity index (χ4n) is 3.62. The quantitative estimate of drug-likeness (QED) is 0.717. The number of alkyl halides is 3. The maximum absolute atomic E-state index is 12.7. The highest BCUT2D eigenvalue weighted by molar-refractivity contribution is 5.81. The van der Waals surface area contributed by atoms with Gasteiger partial charge in [0.15, 0.2) is 0 Å². The zero-order valence-electron chi connectivity index (χ0n) is 11.3. The molecule has 0 bridgehead atoms. The molecule has 0 aliphatic heterocycles. The van der Waals surface area contributed by atoms with Crippen LogP contribution < -0.4 is 0 Å². The summed E-state index contributed by atoms with van der Waals surface area (Å²) < 4.78 is 38.2. The molecule has 0 radical (unpaired) electrons. The van der Waals surface area contributed by atoms with Gasteiger partial charge in [-0.1, -0.05) is 38.5 Å². The first-order valence-electron chi connectivity index (χ1n) is 7.56. The minimum atomic E-state index is -4.12. The van der Waals surface area contributed by atoms with E-state index in [-0.39, 0.29) is 24.5 Å². The Bertz CT molecular complexity index is 305. The van der Waals surface area contributed by atoms with E-state index in [1.807, 2.05) is 0 Å². The van der Waals surface area contributed by atoms with Gasteiger partial charge in [0, 0.05) is 12.3 Å². The van der Waals surface area contributed by atoms with Gasteiger partial charge in [-0.3, -0.25) is 4.79 Å². The van der Waals surface area contributed by atoms with Crippen molar-refractivity contribution < 1.29 is 18.0 Å². The molecule has 0 N–H and O–H groups in total. The standard InChI is InChI=1S/C15H23F3O/c16-15(17,18)13-8-4-7-12(10-13)14(19)9-11-5-2-1-3-6-11/h11-13H,1-10H2. The van der Waals surface area contributed by atoms with Gasteiger partial charge in [-0.2, -0.15) is 13.2 Å². The summed E-state index contributed by atoms with van der Waals surface area (Å²) in [5.74, 6) is -1.04. The fourth-order valence-corrected chi connectivity index (χ4v) is 3.62. The largest absolute Gasteiger partial charge is 0.391 e. The van der Waals surface area contributed by atoms with Crippen molar-refractivity contribution in [3.8, 4) is 0 Å². The van der Waals surface area contributed by atoms with Crippen LogP contribution in [0.25, 0.3) is 0 Å². The van der Waals surface area contributed by atoms with Crippen LogP contribution in [0.15, 0.2) is 0 Å². The Hall–Kier alpha value is -0.540. The predicted octanol–water partition coefficient (Wildman–Crippen LogP) is 4.89. The second kappa shape index (κ2) is 6.27. The van der Waals surface area contributed by atoms with Gasteiger partial charge in [0.05, 0.1) is 5.92 Å². The highest BCUT2D eigenvalue weighted by Gasteiger charge is 2.43. The molecule has 0 spiro atoms. The van der Waals surface area contributed by atoms with Crippen molar-refractivity contribution in [3.05, 3.63) is 0 Å². The fraction of sp³-hybridized carbons (Fsp3) is 0.933. The maximum Gasteiger partial charge on any atom is 0.391 e. The van der Waals surface area contributed by atoms with Crippen LogP contribution in [0.4, 0.5) is 13.2 Å². The Morgan fingerprint density at radius 2 is 1.63 bits per heavy atom. The first-order chi connectivity index (χ1) is 8.97. The molecule has 2 fully saturated rings. The number of carbonyl (C=O) groups excluding carboxylic acids is 1. The number of halogens is 3. The van der Waals surface area contributed by atoms with Gasteiger partial charge in [0.1, 0.15) is 5.78 Å². The predicted molar refractivity (Wildman–Crippen MR) is 67.7 cm³/mol. The van der Waals surface area contributed by atoms with Crippen LogP contribution >= 0.6 is 0 Å². The van der Waals surface area contributed by atoms with Crippen LogP contribution in [0, 0.1) is 17.8 Å². The van der Waals surface area contributed by atoms with Crippen molar-refractivity contribution in [1.29, 1.82) is 0 Å². The van der Waals surface area contributed by atoms with Crippen molar-refractivity contribution >= 4 is 5.78 Å². The third-order valence-electron chi connectivity index (χ3n) is 4.81. The van der Waals surface area contributed by atoms with E-state index in [2.05, 4.69) is 0 Å². The Balaban J connectivity index is 1.84. The zero-order valence-corrected chi connectivity index (χ0v) is 11.3. The molecule has 2 aliphatic carbocycles. The average Bonchev–Trinajstić information content (AvgIpc) is 2.39. The summed E-state index contributed by atoms with van der Waals surface area (Å²) in [6.45, 7) is 0. The van der Waals surface area contributed by atoms with Crippen LogP contribution in [-0.4, -0.2) is 12.0 Å². The Morgan fingerprint density at radius 3 is 2.26 bits per heavy atom. The molecule has 2 atom stereocenters. The van der Waals surface area contributed by atoms with E-state index in [1.54, 1.807) is 0 Å². The van der Waals surface area contributed by atoms with Crippen LogP contribution in [0.1, 0.15) is 64.2 Å². The summed E-state index contributed by atoms with van der Waals surface area (Å²) in [5.41, 5.74) is 0. The molecule has 1 nitrogen and oxygen atoms in total.